The molecule has 1 aliphatic rings. The van der Waals surface area contributed by atoms with Crippen LogP contribution in [0.5, 0.6) is 0 Å². The van der Waals surface area contributed by atoms with Crippen molar-refractivity contribution in [3.05, 3.63) is 42.3 Å². The lowest BCUT2D eigenvalue weighted by Gasteiger charge is -2.42. The topological polar surface area (TPSA) is 9.23 Å². The number of hydrogen-bond donors (Lipinski definition) is 0. The van der Waals surface area contributed by atoms with Crippen molar-refractivity contribution >= 4 is 0 Å². The summed E-state index contributed by atoms with van der Waals surface area (Å²) in [6, 6.07) is 10.4. The summed E-state index contributed by atoms with van der Waals surface area (Å²) in [5.41, 5.74) is 1.26. The van der Waals surface area contributed by atoms with Crippen LogP contribution in [0.1, 0.15) is 33.3 Å². The normalized spacial score (nSPS) is 36.6. The zero-order valence-electron chi connectivity index (χ0n) is 12.0. The fourth-order valence-electron chi connectivity index (χ4n) is 2.88. The van der Waals surface area contributed by atoms with Crippen LogP contribution in [0.15, 0.2) is 30.3 Å². The lowest BCUT2D eigenvalue weighted by atomic mass is 9.68. The summed E-state index contributed by atoms with van der Waals surface area (Å²) in [4.78, 5) is 0. The third-order valence-electron chi connectivity index (χ3n) is 4.78. The van der Waals surface area contributed by atoms with Gasteiger partial charge in [-0.15, -0.1) is 0 Å². The highest BCUT2D eigenvalue weighted by molar-refractivity contribution is 5.13. The van der Waals surface area contributed by atoms with E-state index in [1.54, 1.807) is 0 Å². The Morgan fingerprint density at radius 3 is 2.22 bits per heavy atom. The van der Waals surface area contributed by atoms with E-state index in [0.29, 0.717) is 17.9 Å². The number of ether oxygens (including phenoxy) is 1. The zero-order chi connectivity index (χ0) is 13.1. The Morgan fingerprint density at radius 2 is 1.56 bits per heavy atom. The van der Waals surface area contributed by atoms with Gasteiger partial charge in [0.1, 0.15) is 0 Å². The van der Waals surface area contributed by atoms with Gasteiger partial charge in [-0.05, 0) is 35.7 Å². The molecule has 0 aliphatic heterocycles. The standard InChI is InChI=1S/C17H25O/c1-12-10-17(15(4)14(3)13(12)2)18-11-16-8-6-5-7-9-16/h5-10,12-15,17H,11H2,1-4H3/t12-,13?,14-,15-,17?/m1/s1. The van der Waals surface area contributed by atoms with Crippen LogP contribution in [0.2, 0.25) is 0 Å². The van der Waals surface area contributed by atoms with Crippen molar-refractivity contribution in [2.24, 2.45) is 23.7 Å². The second-order valence-corrected chi connectivity index (χ2v) is 5.89. The molecule has 0 spiro atoms. The lowest BCUT2D eigenvalue weighted by Crippen LogP contribution is -2.40. The molecule has 1 fully saturated rings. The minimum atomic E-state index is 0.298. The van der Waals surface area contributed by atoms with E-state index in [-0.39, 0.29) is 0 Å². The minimum absolute atomic E-state index is 0.298. The number of benzene rings is 1. The van der Waals surface area contributed by atoms with Gasteiger partial charge in [0.25, 0.3) is 0 Å². The number of hydrogen-bond acceptors (Lipinski definition) is 1. The molecule has 0 N–H and O–H groups in total. The molecule has 2 unspecified atom stereocenters. The molecule has 1 heteroatoms. The maximum absolute atomic E-state index is 6.11. The van der Waals surface area contributed by atoms with Gasteiger partial charge in [0.15, 0.2) is 0 Å². The predicted molar refractivity (Wildman–Crippen MR) is 76.0 cm³/mol. The molecule has 1 saturated carbocycles. The van der Waals surface area contributed by atoms with Crippen LogP contribution in [0, 0.1) is 30.1 Å². The van der Waals surface area contributed by atoms with Crippen LogP contribution in [-0.2, 0) is 11.3 Å². The number of rotatable bonds is 3. The molecule has 2 rings (SSSR count). The first-order valence-electron chi connectivity index (χ1n) is 7.10. The first-order chi connectivity index (χ1) is 8.59. The van der Waals surface area contributed by atoms with E-state index in [2.05, 4.69) is 58.4 Å². The molecule has 0 bridgehead atoms. The second kappa shape index (κ2) is 5.88. The van der Waals surface area contributed by atoms with Gasteiger partial charge in [0, 0.05) is 0 Å². The Morgan fingerprint density at radius 1 is 0.889 bits per heavy atom. The smallest absolute Gasteiger partial charge is 0.0720 e. The molecular weight excluding hydrogens is 220 g/mol. The molecule has 0 saturated heterocycles. The first kappa shape index (κ1) is 13.6. The molecule has 1 nitrogen and oxygen atoms in total. The van der Waals surface area contributed by atoms with Crippen molar-refractivity contribution in [3.63, 3.8) is 0 Å². The first-order valence-corrected chi connectivity index (χ1v) is 7.10. The molecule has 1 radical (unpaired) electrons. The maximum atomic E-state index is 6.11. The molecule has 0 aromatic heterocycles. The highest BCUT2D eigenvalue weighted by atomic mass is 16.5. The largest absolute Gasteiger partial charge is 0.373 e. The van der Waals surface area contributed by atoms with E-state index in [4.69, 9.17) is 4.74 Å². The van der Waals surface area contributed by atoms with Crippen molar-refractivity contribution < 1.29 is 4.74 Å². The van der Waals surface area contributed by atoms with Crippen LogP contribution in [-0.4, -0.2) is 6.10 Å². The summed E-state index contributed by atoms with van der Waals surface area (Å²) in [5, 5.41) is 0. The maximum Gasteiger partial charge on any atom is 0.0720 e. The van der Waals surface area contributed by atoms with Crippen molar-refractivity contribution in [2.45, 2.75) is 40.4 Å². The highest BCUT2D eigenvalue weighted by Gasteiger charge is 2.36. The Balaban J connectivity index is 1.93. The zero-order valence-corrected chi connectivity index (χ0v) is 12.0. The summed E-state index contributed by atoms with van der Waals surface area (Å²) >= 11 is 0. The molecule has 99 valence electrons. The average molecular weight is 245 g/mol. The molecule has 18 heavy (non-hydrogen) atoms. The van der Waals surface area contributed by atoms with Crippen molar-refractivity contribution in [1.82, 2.24) is 0 Å². The SMILES string of the molecule is CC1[C@H](C)[CH]C(OCc2ccccc2)[C@H](C)[C@@H]1C. The monoisotopic (exact) mass is 245 g/mol. The molecule has 0 amide bonds. The molecule has 1 aromatic rings. The van der Waals surface area contributed by atoms with Gasteiger partial charge in [-0.25, -0.2) is 0 Å². The molecule has 0 heterocycles. The molecule has 5 atom stereocenters. The van der Waals surface area contributed by atoms with Crippen LogP contribution < -0.4 is 0 Å². The fourth-order valence-corrected chi connectivity index (χ4v) is 2.88. The molecule has 1 aromatic carbocycles. The predicted octanol–water partition coefficient (Wildman–Crippen LogP) is 4.33. The van der Waals surface area contributed by atoms with Gasteiger partial charge in [0.05, 0.1) is 12.7 Å². The quantitative estimate of drug-likeness (QED) is 0.770. The summed E-state index contributed by atoms with van der Waals surface area (Å²) in [7, 11) is 0. The van der Waals surface area contributed by atoms with E-state index in [1.165, 1.54) is 5.56 Å². The third kappa shape index (κ3) is 2.95. The Bertz CT molecular complexity index is 359. The van der Waals surface area contributed by atoms with Gasteiger partial charge in [-0.1, -0.05) is 58.0 Å². The van der Waals surface area contributed by atoms with Crippen molar-refractivity contribution in [1.29, 1.82) is 0 Å². The second-order valence-electron chi connectivity index (χ2n) is 5.89. The van der Waals surface area contributed by atoms with Crippen LogP contribution in [0.25, 0.3) is 0 Å². The van der Waals surface area contributed by atoms with Gasteiger partial charge in [0.2, 0.25) is 0 Å². The van der Waals surface area contributed by atoms with Crippen molar-refractivity contribution in [3.8, 4) is 0 Å². The lowest BCUT2D eigenvalue weighted by molar-refractivity contribution is -0.0301. The summed E-state index contributed by atoms with van der Waals surface area (Å²) in [5.74, 6) is 2.75. The van der Waals surface area contributed by atoms with Gasteiger partial charge < -0.3 is 4.74 Å². The third-order valence-corrected chi connectivity index (χ3v) is 4.78. The summed E-state index contributed by atoms with van der Waals surface area (Å²) in [6.45, 7) is 10.1. The Hall–Kier alpha value is -0.820. The summed E-state index contributed by atoms with van der Waals surface area (Å²) in [6.07, 6.45) is 2.70. The van der Waals surface area contributed by atoms with E-state index < -0.39 is 0 Å². The molecule has 1 aliphatic carbocycles. The van der Waals surface area contributed by atoms with Gasteiger partial charge in [-0.2, -0.15) is 0 Å². The average Bonchev–Trinajstić information content (AvgIpc) is 2.40. The van der Waals surface area contributed by atoms with E-state index in [0.717, 1.165) is 18.4 Å². The van der Waals surface area contributed by atoms with Crippen molar-refractivity contribution in [2.75, 3.05) is 0 Å². The van der Waals surface area contributed by atoms with Gasteiger partial charge >= 0.3 is 0 Å². The summed E-state index contributed by atoms with van der Waals surface area (Å²) < 4.78 is 6.11. The molecular formula is C17H25O. The Kier molecular flexibility index (Phi) is 4.45. The highest BCUT2D eigenvalue weighted by Crippen LogP contribution is 2.39. The fraction of sp³-hybridized carbons (Fsp3) is 0.588. The van der Waals surface area contributed by atoms with Crippen LogP contribution >= 0.6 is 0 Å². The van der Waals surface area contributed by atoms with E-state index >= 15 is 0 Å². The van der Waals surface area contributed by atoms with E-state index in [9.17, 15) is 0 Å². The van der Waals surface area contributed by atoms with Crippen LogP contribution in [0.4, 0.5) is 0 Å². The van der Waals surface area contributed by atoms with Crippen LogP contribution in [0.3, 0.4) is 0 Å². The Labute approximate surface area is 112 Å². The minimum Gasteiger partial charge on any atom is -0.373 e. The van der Waals surface area contributed by atoms with E-state index in [1.807, 2.05) is 6.07 Å². The van der Waals surface area contributed by atoms with Gasteiger partial charge in [-0.3, -0.25) is 0 Å².